The molecule has 0 saturated heterocycles. The van der Waals surface area contributed by atoms with Gasteiger partial charge in [0.15, 0.2) is 0 Å². The van der Waals surface area contributed by atoms with Crippen molar-refractivity contribution in [3.05, 3.63) is 23.8 Å². The number of esters is 1. The molecule has 1 aromatic rings. The molecule has 4 heteroatoms. The molecule has 0 aromatic heterocycles. The first kappa shape index (κ1) is 8.57. The van der Waals surface area contributed by atoms with E-state index in [4.69, 9.17) is 10.00 Å². The zero-order chi connectivity index (χ0) is 10.1. The van der Waals surface area contributed by atoms with Gasteiger partial charge in [0.25, 0.3) is 0 Å². The molecule has 0 aliphatic carbocycles. The number of phenolic OH excluding ortho intramolecular Hbond substituents is 1. The highest BCUT2D eigenvalue weighted by molar-refractivity contribution is 5.87. The minimum Gasteiger partial charge on any atom is -0.508 e. The second-order valence-corrected chi connectivity index (χ2v) is 3.02. The first-order valence-electron chi connectivity index (χ1n) is 4.14. The van der Waals surface area contributed by atoms with Crippen molar-refractivity contribution in [3.63, 3.8) is 0 Å². The van der Waals surface area contributed by atoms with Gasteiger partial charge in [-0.05, 0) is 12.1 Å². The van der Waals surface area contributed by atoms with Gasteiger partial charge in [-0.15, -0.1) is 0 Å². The monoisotopic (exact) mass is 189 g/mol. The summed E-state index contributed by atoms with van der Waals surface area (Å²) >= 11 is 0. The van der Waals surface area contributed by atoms with Crippen molar-refractivity contribution in [1.82, 2.24) is 0 Å². The van der Waals surface area contributed by atoms with E-state index in [1.165, 1.54) is 6.07 Å². The minimum absolute atomic E-state index is 0.00796. The van der Waals surface area contributed by atoms with Gasteiger partial charge in [0.2, 0.25) is 0 Å². The van der Waals surface area contributed by atoms with Crippen molar-refractivity contribution >= 4 is 5.97 Å². The fourth-order valence-corrected chi connectivity index (χ4v) is 1.55. The van der Waals surface area contributed by atoms with Gasteiger partial charge in [-0.25, -0.2) is 0 Å². The van der Waals surface area contributed by atoms with Crippen LogP contribution in [0.1, 0.15) is 17.9 Å². The van der Waals surface area contributed by atoms with Crippen molar-refractivity contribution in [2.24, 2.45) is 0 Å². The molecule has 0 radical (unpaired) electrons. The molecule has 1 aliphatic rings. The van der Waals surface area contributed by atoms with Gasteiger partial charge in [-0.1, -0.05) is 6.07 Å². The average molecular weight is 189 g/mol. The van der Waals surface area contributed by atoms with E-state index in [2.05, 4.69) is 0 Å². The van der Waals surface area contributed by atoms with Crippen LogP contribution >= 0.6 is 0 Å². The van der Waals surface area contributed by atoms with Crippen molar-refractivity contribution in [3.8, 4) is 17.6 Å². The summed E-state index contributed by atoms with van der Waals surface area (Å²) in [5.41, 5.74) is 0.430. The molecule has 14 heavy (non-hydrogen) atoms. The molecule has 0 bridgehead atoms. The van der Waals surface area contributed by atoms with Crippen LogP contribution in [-0.4, -0.2) is 11.1 Å². The topological polar surface area (TPSA) is 70.3 Å². The summed E-state index contributed by atoms with van der Waals surface area (Å²) in [7, 11) is 0. The van der Waals surface area contributed by atoms with Crippen LogP contribution in [0.2, 0.25) is 0 Å². The zero-order valence-corrected chi connectivity index (χ0v) is 7.23. The zero-order valence-electron chi connectivity index (χ0n) is 7.23. The fourth-order valence-electron chi connectivity index (χ4n) is 1.55. The molecule has 0 unspecified atom stereocenters. The van der Waals surface area contributed by atoms with E-state index in [0.29, 0.717) is 11.3 Å². The number of carbonyl (C=O) groups is 1. The first-order chi connectivity index (χ1) is 6.74. The highest BCUT2D eigenvalue weighted by Crippen LogP contribution is 2.41. The number of nitriles is 1. The van der Waals surface area contributed by atoms with Crippen LogP contribution in [0.25, 0.3) is 0 Å². The van der Waals surface area contributed by atoms with E-state index in [1.807, 2.05) is 6.07 Å². The number of benzene rings is 1. The summed E-state index contributed by atoms with van der Waals surface area (Å²) in [6, 6.07) is 6.57. The third kappa shape index (κ3) is 1.11. The Morgan fingerprint density at radius 1 is 1.57 bits per heavy atom. The second-order valence-electron chi connectivity index (χ2n) is 3.02. The lowest BCUT2D eigenvalue weighted by Gasteiger charge is -2.02. The Hall–Kier alpha value is -2.02. The maximum absolute atomic E-state index is 11.3. The van der Waals surface area contributed by atoms with Gasteiger partial charge in [-0.2, -0.15) is 5.26 Å². The molecule has 1 heterocycles. The van der Waals surface area contributed by atoms with Gasteiger partial charge in [0.1, 0.15) is 17.4 Å². The normalized spacial score (nSPS) is 18.5. The van der Waals surface area contributed by atoms with Crippen molar-refractivity contribution < 1.29 is 14.6 Å². The third-order valence-electron chi connectivity index (χ3n) is 2.18. The van der Waals surface area contributed by atoms with Gasteiger partial charge >= 0.3 is 5.97 Å². The second kappa shape index (κ2) is 3.04. The number of aromatic hydroxyl groups is 1. The summed E-state index contributed by atoms with van der Waals surface area (Å²) < 4.78 is 4.90. The number of nitrogens with zero attached hydrogens (tertiary/aromatic N) is 1. The quantitative estimate of drug-likeness (QED) is 0.534. The lowest BCUT2D eigenvalue weighted by Crippen LogP contribution is -2.09. The van der Waals surface area contributed by atoms with Crippen LogP contribution in [0.15, 0.2) is 18.2 Å². The Morgan fingerprint density at radius 2 is 2.36 bits per heavy atom. The predicted molar refractivity (Wildman–Crippen MR) is 46.7 cm³/mol. The number of hydrogen-bond donors (Lipinski definition) is 1. The van der Waals surface area contributed by atoms with Crippen molar-refractivity contribution in [1.29, 1.82) is 5.26 Å². The maximum atomic E-state index is 11.3. The summed E-state index contributed by atoms with van der Waals surface area (Å²) in [5, 5.41) is 18.0. The minimum atomic E-state index is -0.642. The lowest BCUT2D eigenvalue weighted by atomic mass is 9.97. The molecule has 1 atom stereocenters. The molecular weight excluding hydrogens is 182 g/mol. The fraction of sp³-hybridized carbons (Fsp3) is 0.200. The molecule has 1 N–H and O–H groups in total. The Morgan fingerprint density at radius 3 is 3.07 bits per heavy atom. The SMILES string of the molecule is N#CC[C@H]1C(=O)Oc2cccc(O)c21. The largest absolute Gasteiger partial charge is 0.508 e. The third-order valence-corrected chi connectivity index (χ3v) is 2.18. The molecule has 2 rings (SSSR count). The van der Waals surface area contributed by atoms with Gasteiger partial charge in [0, 0.05) is 0 Å². The van der Waals surface area contributed by atoms with Gasteiger partial charge in [0.05, 0.1) is 18.1 Å². The van der Waals surface area contributed by atoms with E-state index < -0.39 is 11.9 Å². The van der Waals surface area contributed by atoms with Gasteiger partial charge in [-0.3, -0.25) is 4.79 Å². The Kier molecular flexibility index (Phi) is 1.86. The van der Waals surface area contributed by atoms with E-state index in [-0.39, 0.29) is 12.2 Å². The summed E-state index contributed by atoms with van der Waals surface area (Å²) in [5.74, 6) is -0.747. The lowest BCUT2D eigenvalue weighted by molar-refractivity contribution is -0.133. The maximum Gasteiger partial charge on any atom is 0.320 e. The molecule has 0 saturated carbocycles. The molecular formula is C10H7NO3. The van der Waals surface area contributed by atoms with E-state index in [0.717, 1.165) is 0 Å². The van der Waals surface area contributed by atoms with Crippen LogP contribution in [0.5, 0.6) is 11.5 Å². The van der Waals surface area contributed by atoms with Crippen LogP contribution in [-0.2, 0) is 4.79 Å². The smallest absolute Gasteiger partial charge is 0.320 e. The van der Waals surface area contributed by atoms with Crippen LogP contribution in [0, 0.1) is 11.3 Å². The van der Waals surface area contributed by atoms with Crippen LogP contribution < -0.4 is 4.74 Å². The first-order valence-corrected chi connectivity index (χ1v) is 4.14. The van der Waals surface area contributed by atoms with Crippen molar-refractivity contribution in [2.45, 2.75) is 12.3 Å². The molecule has 0 spiro atoms. The summed E-state index contributed by atoms with van der Waals surface area (Å²) in [6.45, 7) is 0. The Labute approximate surface area is 80.3 Å². The number of carbonyl (C=O) groups excluding carboxylic acids is 1. The number of phenols is 1. The number of fused-ring (bicyclic) bond motifs is 1. The molecule has 70 valence electrons. The standard InChI is InChI=1S/C10H7NO3/c11-5-4-6-9-7(12)2-1-3-8(9)14-10(6)13/h1-3,6,12H,4H2/t6-/m1/s1. The predicted octanol–water partition coefficient (Wildman–Crippen LogP) is 1.31. The Balaban J connectivity index is 2.51. The molecule has 4 nitrogen and oxygen atoms in total. The van der Waals surface area contributed by atoms with Crippen LogP contribution in [0.3, 0.4) is 0 Å². The average Bonchev–Trinajstić information content (AvgIpc) is 2.45. The number of rotatable bonds is 1. The molecule has 0 amide bonds. The Bertz CT molecular complexity index is 433. The number of ether oxygens (including phenoxy) is 1. The van der Waals surface area contributed by atoms with E-state index in [1.54, 1.807) is 12.1 Å². The van der Waals surface area contributed by atoms with Gasteiger partial charge < -0.3 is 9.84 Å². The highest BCUT2D eigenvalue weighted by atomic mass is 16.5. The molecule has 1 aliphatic heterocycles. The highest BCUT2D eigenvalue weighted by Gasteiger charge is 2.35. The summed E-state index contributed by atoms with van der Waals surface area (Å²) in [6.07, 6.45) is 0.0312. The number of hydrogen-bond acceptors (Lipinski definition) is 4. The van der Waals surface area contributed by atoms with Crippen LogP contribution in [0.4, 0.5) is 0 Å². The molecule has 1 aromatic carbocycles. The molecule has 0 fully saturated rings. The van der Waals surface area contributed by atoms with E-state index in [9.17, 15) is 9.90 Å². The van der Waals surface area contributed by atoms with Crippen molar-refractivity contribution in [2.75, 3.05) is 0 Å². The summed E-state index contributed by atoms with van der Waals surface area (Å²) in [4.78, 5) is 11.3. The van der Waals surface area contributed by atoms with E-state index >= 15 is 0 Å².